The molecule has 2 unspecified atom stereocenters. The number of nitrogens with zero attached hydrogens (tertiary/aromatic N) is 3. The number of carboxylic acids is 1. The maximum atomic E-state index is 12.3. The molecule has 12 heteroatoms. The summed E-state index contributed by atoms with van der Waals surface area (Å²) in [5.74, 6) is -1.23. The van der Waals surface area contributed by atoms with Gasteiger partial charge in [-0.3, -0.25) is 18.1 Å². The number of pyridine rings is 1. The quantitative estimate of drug-likeness (QED) is 0.130. The first-order chi connectivity index (χ1) is 17.3. The molecular weight excluding hydrogens is 504 g/mol. The van der Waals surface area contributed by atoms with Crippen LogP contribution in [-0.4, -0.2) is 47.7 Å². The van der Waals surface area contributed by atoms with Crippen molar-refractivity contribution in [1.29, 1.82) is 0 Å². The summed E-state index contributed by atoms with van der Waals surface area (Å²) in [6.07, 6.45) is 3.98. The number of thiol groups is 1. The molecule has 3 N–H and O–H groups in total. The van der Waals surface area contributed by atoms with Crippen molar-refractivity contribution < 1.29 is 27.9 Å². The fraction of sp³-hybridized carbons (Fsp3) is 0.208. The summed E-state index contributed by atoms with van der Waals surface area (Å²) in [7, 11) is 0. The highest BCUT2D eigenvalue weighted by molar-refractivity contribution is 7.80. The summed E-state index contributed by atoms with van der Waals surface area (Å²) < 4.78 is 30.2. The number of nitrogens with one attached hydrogen (secondary N) is 1. The van der Waals surface area contributed by atoms with Gasteiger partial charge in [-0.25, -0.2) is 13.8 Å². The van der Waals surface area contributed by atoms with E-state index in [2.05, 4.69) is 23.1 Å². The Hall–Kier alpha value is -3.61. The number of benzene rings is 2. The fourth-order valence-electron chi connectivity index (χ4n) is 3.90. The van der Waals surface area contributed by atoms with Crippen molar-refractivity contribution in [3.05, 3.63) is 67.0 Å². The number of rotatable bonds is 10. The third-order valence-electron chi connectivity index (χ3n) is 5.60. The summed E-state index contributed by atoms with van der Waals surface area (Å²) >= 11 is 1.60. The van der Waals surface area contributed by atoms with Gasteiger partial charge >= 0.3 is 12.0 Å². The van der Waals surface area contributed by atoms with Crippen LogP contribution in [0.5, 0.6) is 0 Å². The Morgan fingerprint density at radius 2 is 1.86 bits per heavy atom. The molecule has 2 atom stereocenters. The molecule has 0 saturated heterocycles. The average molecular weight is 529 g/mol. The van der Waals surface area contributed by atoms with Gasteiger partial charge in [-0.05, 0) is 55.7 Å². The van der Waals surface area contributed by atoms with Crippen molar-refractivity contribution in [2.75, 3.05) is 16.2 Å². The van der Waals surface area contributed by atoms with E-state index in [9.17, 15) is 23.5 Å². The molecule has 0 saturated carbocycles. The first kappa shape index (κ1) is 25.5. The lowest BCUT2D eigenvalue weighted by molar-refractivity contribution is -0.138. The maximum Gasteiger partial charge on any atom is 0.331 e. The van der Waals surface area contributed by atoms with Gasteiger partial charge in [-0.15, -0.1) is 0 Å². The van der Waals surface area contributed by atoms with Crippen LogP contribution in [0.3, 0.4) is 0 Å². The number of aromatic nitrogens is 1. The summed E-state index contributed by atoms with van der Waals surface area (Å²) in [5.41, 5.74) is 2.07. The number of fused-ring (bicyclic) bond motifs is 3. The molecule has 0 spiro atoms. The minimum atomic E-state index is -2.59. The van der Waals surface area contributed by atoms with Crippen LogP contribution in [0.2, 0.25) is 0 Å². The Morgan fingerprint density at radius 1 is 1.08 bits per heavy atom. The van der Waals surface area contributed by atoms with Gasteiger partial charge in [0.25, 0.3) is 11.3 Å². The van der Waals surface area contributed by atoms with Crippen LogP contribution in [-0.2, 0) is 16.1 Å². The topological polar surface area (TPSA) is 136 Å². The van der Waals surface area contributed by atoms with E-state index >= 15 is 0 Å². The van der Waals surface area contributed by atoms with Gasteiger partial charge in [-0.1, -0.05) is 31.0 Å². The van der Waals surface area contributed by atoms with E-state index in [0.717, 1.165) is 9.69 Å². The molecule has 10 nitrogen and oxygen atoms in total. The van der Waals surface area contributed by atoms with Gasteiger partial charge in [-0.2, -0.15) is 0 Å². The highest BCUT2D eigenvalue weighted by Gasteiger charge is 2.30. The van der Waals surface area contributed by atoms with Crippen LogP contribution in [0.25, 0.3) is 21.9 Å². The second-order valence-corrected chi connectivity index (χ2v) is 9.32. The molecule has 2 heterocycles. The van der Waals surface area contributed by atoms with Crippen molar-refractivity contribution in [3.63, 3.8) is 0 Å². The number of anilines is 2. The summed E-state index contributed by atoms with van der Waals surface area (Å²) in [6.45, 7) is 0.247. The van der Waals surface area contributed by atoms with E-state index in [1.165, 1.54) is 10.5 Å². The minimum absolute atomic E-state index is 0.0810. The van der Waals surface area contributed by atoms with E-state index in [-0.39, 0.29) is 18.7 Å². The monoisotopic (exact) mass is 528 g/mol. The number of hydrogen-bond acceptors (Lipinski definition) is 6. The zero-order valence-electron chi connectivity index (χ0n) is 19.0. The van der Waals surface area contributed by atoms with Crippen LogP contribution in [0.1, 0.15) is 19.3 Å². The van der Waals surface area contributed by atoms with Crippen molar-refractivity contribution >= 4 is 69.4 Å². The van der Waals surface area contributed by atoms with Gasteiger partial charge < -0.3 is 14.8 Å². The predicted octanol–water partition coefficient (Wildman–Crippen LogP) is 4.93. The third kappa shape index (κ3) is 5.78. The van der Waals surface area contributed by atoms with Crippen LogP contribution in [0.4, 0.5) is 16.2 Å². The zero-order valence-corrected chi connectivity index (χ0v) is 20.7. The molecule has 36 heavy (non-hydrogen) atoms. The number of carbonyl (C=O) groups is 2. The molecular formula is C24H24N4O6S2. The number of furan rings is 1. The minimum Gasteiger partial charge on any atom is -0.480 e. The van der Waals surface area contributed by atoms with Crippen LogP contribution < -0.4 is 9.62 Å². The van der Waals surface area contributed by atoms with Gasteiger partial charge in [0.1, 0.15) is 17.2 Å². The number of urea groups is 1. The molecule has 0 aliphatic heterocycles. The van der Waals surface area contributed by atoms with Gasteiger partial charge in [0.2, 0.25) is 0 Å². The van der Waals surface area contributed by atoms with Crippen LogP contribution in [0.15, 0.2) is 71.4 Å². The van der Waals surface area contributed by atoms with Crippen molar-refractivity contribution in [2.24, 2.45) is 0 Å². The number of carboxylic acid groups (broad SMARTS) is 1. The first-order valence-corrected chi connectivity index (χ1v) is 12.5. The van der Waals surface area contributed by atoms with Gasteiger partial charge in [0.15, 0.2) is 0 Å². The average Bonchev–Trinajstić information content (AvgIpc) is 3.24. The third-order valence-corrected chi connectivity index (χ3v) is 6.78. The Labute approximate surface area is 214 Å². The summed E-state index contributed by atoms with van der Waals surface area (Å²) in [4.78, 5) is 28.2. The SMILES string of the molecule is O=C(O)C(CCCCN(S)C(=O)Nc1cccnc1)N(c1ccc2oc3ccccc3c2c1)S(=O)O. The number of carbonyl (C=O) groups excluding carboxylic acids is 1. The predicted molar refractivity (Wildman–Crippen MR) is 141 cm³/mol. The van der Waals surface area contributed by atoms with E-state index in [1.807, 2.05) is 24.3 Å². The standard InChI is InChI=1S/C24H24N4O6S2/c29-23(30)20(8-3-4-13-27(35)24(31)26-16-6-5-12-25-15-16)28(36(32)33)17-10-11-22-19(14-17)18-7-1-2-9-21(18)34-22/h1-2,5-7,9-12,14-15,20,35H,3-4,8,13H2,(H,26,31)(H,29,30)(H,32,33). The number of aliphatic carboxylic acids is 1. The second-order valence-electron chi connectivity index (χ2n) is 7.98. The molecule has 4 aromatic rings. The Morgan fingerprint density at radius 3 is 2.58 bits per heavy atom. The number of amides is 2. The zero-order chi connectivity index (χ0) is 25.7. The molecule has 0 aliphatic rings. The van der Waals surface area contributed by atoms with E-state index in [1.54, 1.807) is 36.5 Å². The van der Waals surface area contributed by atoms with Crippen LogP contribution >= 0.6 is 12.8 Å². The number of hydrogen-bond donors (Lipinski definition) is 4. The molecule has 2 aromatic carbocycles. The lowest BCUT2D eigenvalue weighted by Crippen LogP contribution is -2.42. The first-order valence-electron chi connectivity index (χ1n) is 11.1. The molecule has 2 aromatic heterocycles. The molecule has 0 bridgehead atoms. The largest absolute Gasteiger partial charge is 0.480 e. The molecule has 0 fully saturated rings. The highest BCUT2D eigenvalue weighted by atomic mass is 32.2. The maximum absolute atomic E-state index is 12.3. The van der Waals surface area contributed by atoms with Crippen molar-refractivity contribution in [3.8, 4) is 0 Å². The van der Waals surface area contributed by atoms with Gasteiger partial charge in [0, 0.05) is 23.5 Å². The van der Waals surface area contributed by atoms with E-state index < -0.39 is 29.3 Å². The smallest absolute Gasteiger partial charge is 0.331 e. The highest BCUT2D eigenvalue weighted by Crippen LogP contribution is 2.33. The lowest BCUT2D eigenvalue weighted by Gasteiger charge is -2.27. The van der Waals surface area contributed by atoms with Crippen molar-refractivity contribution in [1.82, 2.24) is 9.29 Å². The number of para-hydroxylation sites is 1. The number of unbranched alkanes of at least 4 members (excludes halogenated alkanes) is 1. The normalized spacial score (nSPS) is 12.8. The molecule has 0 aliphatic carbocycles. The molecule has 4 rings (SSSR count). The Balaban J connectivity index is 1.43. The van der Waals surface area contributed by atoms with E-state index in [4.69, 9.17) is 4.42 Å². The Kier molecular flexibility index (Phi) is 8.08. The van der Waals surface area contributed by atoms with E-state index in [0.29, 0.717) is 35.1 Å². The van der Waals surface area contributed by atoms with Crippen molar-refractivity contribution in [2.45, 2.75) is 25.3 Å². The summed E-state index contributed by atoms with van der Waals surface area (Å²) in [6, 6.07) is 13.9. The summed E-state index contributed by atoms with van der Waals surface area (Å²) in [5, 5.41) is 14.1. The fourth-order valence-corrected chi connectivity index (χ4v) is 4.80. The molecule has 188 valence electrons. The van der Waals surface area contributed by atoms with Gasteiger partial charge in [0.05, 0.1) is 17.6 Å². The lowest BCUT2D eigenvalue weighted by atomic mass is 10.1. The van der Waals surface area contributed by atoms with Crippen LogP contribution in [0, 0.1) is 0 Å². The Bertz CT molecular complexity index is 1400. The molecule has 2 amide bonds. The molecule has 0 radical (unpaired) electrons. The second kappa shape index (κ2) is 11.4.